The van der Waals surface area contributed by atoms with Crippen molar-refractivity contribution in [2.24, 2.45) is 11.7 Å². The van der Waals surface area contributed by atoms with Crippen LogP contribution in [0, 0.1) is 5.92 Å². The van der Waals surface area contributed by atoms with E-state index in [4.69, 9.17) is 10.5 Å². The summed E-state index contributed by atoms with van der Waals surface area (Å²) < 4.78 is 6.04. The van der Waals surface area contributed by atoms with Gasteiger partial charge >= 0.3 is 5.97 Å². The van der Waals surface area contributed by atoms with Gasteiger partial charge in [-0.3, -0.25) is 4.79 Å². The maximum Gasteiger partial charge on any atom is 0.307 e. The van der Waals surface area contributed by atoms with Crippen LogP contribution in [0.1, 0.15) is 35.6 Å². The quantitative estimate of drug-likeness (QED) is 0.349. The third-order valence-corrected chi connectivity index (χ3v) is 5.84. The Morgan fingerprint density at radius 2 is 1.88 bits per heavy atom. The van der Waals surface area contributed by atoms with Gasteiger partial charge in [0.05, 0.1) is 19.1 Å². The summed E-state index contributed by atoms with van der Waals surface area (Å²) in [6.07, 6.45) is 2.45. The molecule has 0 saturated heterocycles. The van der Waals surface area contributed by atoms with Crippen molar-refractivity contribution < 1.29 is 19.7 Å². The minimum atomic E-state index is -0.888. The number of rotatable bonds is 11. The van der Waals surface area contributed by atoms with Gasteiger partial charge in [-0.15, -0.1) is 0 Å². The number of para-hydroxylation sites is 1. The standard InChI is InChI=1S/C27H30N2O4/c28-25(16-30)21-6-3-5-20(12-21)23-10-19(11-24(13-23)29-15-18-8-9-18)17-33-26-7-2-1-4-22(26)14-27(31)32/h1-7,10-13,18,25,29-30H,8-9,14-17,28H2,(H,31,32). The Morgan fingerprint density at radius 1 is 1.06 bits per heavy atom. The molecule has 0 radical (unpaired) electrons. The fourth-order valence-corrected chi connectivity index (χ4v) is 3.80. The SMILES string of the molecule is NC(CO)c1cccc(-c2cc(COc3ccccc3CC(=O)O)cc(NCC3CC3)c2)c1. The molecule has 0 heterocycles. The van der Waals surface area contributed by atoms with E-state index in [1.807, 2.05) is 36.4 Å². The number of aliphatic carboxylic acids is 1. The Bertz CT molecular complexity index is 1110. The molecule has 1 fully saturated rings. The van der Waals surface area contributed by atoms with Crippen LogP contribution in [0.5, 0.6) is 5.75 Å². The highest BCUT2D eigenvalue weighted by Crippen LogP contribution is 2.31. The first-order valence-electron chi connectivity index (χ1n) is 11.3. The van der Waals surface area contributed by atoms with Crippen LogP contribution >= 0.6 is 0 Å². The average molecular weight is 447 g/mol. The van der Waals surface area contributed by atoms with E-state index in [0.29, 0.717) is 17.9 Å². The van der Waals surface area contributed by atoms with Crippen LogP contribution in [0.4, 0.5) is 5.69 Å². The summed E-state index contributed by atoms with van der Waals surface area (Å²) in [4.78, 5) is 11.2. The van der Waals surface area contributed by atoms with Crippen molar-refractivity contribution in [3.8, 4) is 16.9 Å². The number of nitrogens with one attached hydrogen (secondary N) is 1. The summed E-state index contributed by atoms with van der Waals surface area (Å²) in [5.41, 5.74) is 11.6. The second-order valence-electron chi connectivity index (χ2n) is 8.62. The van der Waals surface area contributed by atoms with E-state index in [0.717, 1.165) is 40.4 Å². The smallest absolute Gasteiger partial charge is 0.307 e. The van der Waals surface area contributed by atoms with Crippen molar-refractivity contribution in [2.45, 2.75) is 31.9 Å². The molecule has 1 atom stereocenters. The number of aliphatic hydroxyl groups is 1. The van der Waals surface area contributed by atoms with Gasteiger partial charge in [-0.2, -0.15) is 0 Å². The molecule has 0 aromatic heterocycles. The number of carbonyl (C=O) groups is 1. The maximum absolute atomic E-state index is 11.2. The number of hydrogen-bond donors (Lipinski definition) is 4. The number of aliphatic hydroxyl groups excluding tert-OH is 1. The molecule has 6 heteroatoms. The van der Waals surface area contributed by atoms with Crippen molar-refractivity contribution >= 4 is 11.7 Å². The molecule has 33 heavy (non-hydrogen) atoms. The summed E-state index contributed by atoms with van der Waals surface area (Å²) in [5.74, 6) is 0.427. The van der Waals surface area contributed by atoms with Crippen LogP contribution in [0.15, 0.2) is 66.7 Å². The number of carboxylic acid groups (broad SMARTS) is 1. The highest BCUT2D eigenvalue weighted by atomic mass is 16.5. The lowest BCUT2D eigenvalue weighted by atomic mass is 9.98. The molecule has 5 N–H and O–H groups in total. The van der Waals surface area contributed by atoms with Crippen LogP contribution in [0.2, 0.25) is 0 Å². The monoisotopic (exact) mass is 446 g/mol. The largest absolute Gasteiger partial charge is 0.489 e. The summed E-state index contributed by atoms with van der Waals surface area (Å²) in [6.45, 7) is 1.15. The van der Waals surface area contributed by atoms with Gasteiger partial charge in [-0.05, 0) is 71.3 Å². The fraction of sp³-hybridized carbons (Fsp3) is 0.296. The van der Waals surface area contributed by atoms with E-state index in [2.05, 4.69) is 23.5 Å². The van der Waals surface area contributed by atoms with Gasteiger partial charge < -0.3 is 26.0 Å². The Balaban J connectivity index is 1.60. The molecule has 1 aliphatic rings. The van der Waals surface area contributed by atoms with E-state index in [-0.39, 0.29) is 13.0 Å². The van der Waals surface area contributed by atoms with Gasteiger partial charge in [-0.1, -0.05) is 36.4 Å². The minimum absolute atomic E-state index is 0.0810. The van der Waals surface area contributed by atoms with Gasteiger partial charge in [0.25, 0.3) is 0 Å². The second kappa shape index (κ2) is 10.5. The molecule has 0 bridgehead atoms. The first-order valence-corrected chi connectivity index (χ1v) is 11.3. The predicted octanol–water partition coefficient (Wildman–Crippen LogP) is 4.37. The minimum Gasteiger partial charge on any atom is -0.489 e. The molecule has 0 amide bonds. The van der Waals surface area contributed by atoms with E-state index in [9.17, 15) is 15.0 Å². The normalized spacial score (nSPS) is 14.0. The lowest BCUT2D eigenvalue weighted by molar-refractivity contribution is -0.136. The van der Waals surface area contributed by atoms with Gasteiger partial charge in [0, 0.05) is 17.8 Å². The first kappa shape index (κ1) is 22.8. The van der Waals surface area contributed by atoms with Crippen LogP contribution in [-0.2, 0) is 17.8 Å². The molecular formula is C27H30N2O4. The molecule has 0 aliphatic heterocycles. The summed E-state index contributed by atoms with van der Waals surface area (Å²) in [6, 6.07) is 21.0. The van der Waals surface area contributed by atoms with Gasteiger partial charge in [0.15, 0.2) is 0 Å². The van der Waals surface area contributed by atoms with E-state index in [1.54, 1.807) is 12.1 Å². The number of nitrogens with two attached hydrogens (primary N) is 1. The summed E-state index contributed by atoms with van der Waals surface area (Å²) >= 11 is 0. The first-order chi connectivity index (χ1) is 16.0. The topological polar surface area (TPSA) is 105 Å². The van der Waals surface area contributed by atoms with Crippen LogP contribution in [-0.4, -0.2) is 29.3 Å². The molecule has 4 rings (SSSR count). The lowest BCUT2D eigenvalue weighted by Gasteiger charge is -2.15. The predicted molar refractivity (Wildman–Crippen MR) is 129 cm³/mol. The zero-order chi connectivity index (χ0) is 23.2. The zero-order valence-corrected chi connectivity index (χ0v) is 18.5. The average Bonchev–Trinajstić information content (AvgIpc) is 3.66. The molecule has 3 aromatic rings. The molecule has 0 spiro atoms. The van der Waals surface area contributed by atoms with Crippen molar-refractivity contribution in [3.63, 3.8) is 0 Å². The highest BCUT2D eigenvalue weighted by molar-refractivity contribution is 5.71. The summed E-state index contributed by atoms with van der Waals surface area (Å²) in [7, 11) is 0. The molecule has 172 valence electrons. The van der Waals surface area contributed by atoms with E-state index >= 15 is 0 Å². The number of hydrogen-bond acceptors (Lipinski definition) is 5. The third-order valence-electron chi connectivity index (χ3n) is 5.84. The molecule has 1 saturated carbocycles. The maximum atomic E-state index is 11.2. The molecular weight excluding hydrogens is 416 g/mol. The van der Waals surface area contributed by atoms with Crippen molar-refractivity contribution in [3.05, 3.63) is 83.4 Å². The highest BCUT2D eigenvalue weighted by Gasteiger charge is 2.20. The van der Waals surface area contributed by atoms with Crippen molar-refractivity contribution in [1.29, 1.82) is 0 Å². The number of benzene rings is 3. The number of carboxylic acids is 1. The van der Waals surface area contributed by atoms with Gasteiger partial charge in [-0.25, -0.2) is 0 Å². The number of anilines is 1. The van der Waals surface area contributed by atoms with E-state index in [1.165, 1.54) is 12.8 Å². The Morgan fingerprint density at radius 3 is 2.64 bits per heavy atom. The lowest BCUT2D eigenvalue weighted by Crippen LogP contribution is -2.14. The fourth-order valence-electron chi connectivity index (χ4n) is 3.80. The van der Waals surface area contributed by atoms with Gasteiger partial charge in [0.1, 0.15) is 12.4 Å². The third kappa shape index (κ3) is 6.34. The zero-order valence-electron chi connectivity index (χ0n) is 18.5. The Kier molecular flexibility index (Phi) is 7.27. The molecule has 6 nitrogen and oxygen atoms in total. The van der Waals surface area contributed by atoms with Crippen molar-refractivity contribution in [2.75, 3.05) is 18.5 Å². The number of ether oxygens (including phenoxy) is 1. The van der Waals surface area contributed by atoms with Crippen molar-refractivity contribution in [1.82, 2.24) is 0 Å². The van der Waals surface area contributed by atoms with Gasteiger partial charge in [0.2, 0.25) is 0 Å². The van der Waals surface area contributed by atoms with Crippen LogP contribution in [0.3, 0.4) is 0 Å². The molecule has 3 aromatic carbocycles. The van der Waals surface area contributed by atoms with Crippen LogP contribution in [0.25, 0.3) is 11.1 Å². The summed E-state index contributed by atoms with van der Waals surface area (Å²) in [5, 5.41) is 22.2. The van der Waals surface area contributed by atoms with Crippen LogP contribution < -0.4 is 15.8 Å². The van der Waals surface area contributed by atoms with E-state index < -0.39 is 12.0 Å². The second-order valence-corrected chi connectivity index (χ2v) is 8.62. The Hall–Kier alpha value is -3.35. The Labute approximate surface area is 194 Å². The molecule has 1 unspecified atom stereocenters. The molecule has 1 aliphatic carbocycles.